The second-order valence-electron chi connectivity index (χ2n) is 7.90. The lowest BCUT2D eigenvalue weighted by atomic mass is 10.0. The summed E-state index contributed by atoms with van der Waals surface area (Å²) in [5.41, 5.74) is 0.354. The molecule has 11 heteroatoms. The second-order valence-corrected chi connectivity index (χ2v) is 7.90. The number of rotatable bonds is 4. The minimum Gasteiger partial charge on any atom is -0.354 e. The van der Waals surface area contributed by atoms with Crippen LogP contribution in [-0.4, -0.2) is 81.7 Å². The first-order valence-electron chi connectivity index (χ1n) is 10.6. The predicted molar refractivity (Wildman–Crippen MR) is 113 cm³/mol. The second kappa shape index (κ2) is 9.72. The number of nitrogens with one attached hydrogen (secondary N) is 2. The monoisotopic (exact) mass is 454 g/mol. The van der Waals surface area contributed by atoms with Gasteiger partial charge < -0.3 is 20.4 Å². The van der Waals surface area contributed by atoms with Crippen LogP contribution in [-0.2, 0) is 9.59 Å². The van der Waals surface area contributed by atoms with E-state index in [1.54, 1.807) is 0 Å². The summed E-state index contributed by atoms with van der Waals surface area (Å²) in [6.45, 7) is 0.682. The Labute approximate surface area is 189 Å². The van der Waals surface area contributed by atoms with E-state index in [-0.39, 0.29) is 42.6 Å². The van der Waals surface area contributed by atoms with Crippen molar-refractivity contribution in [3.8, 4) is 0 Å². The lowest BCUT2D eigenvalue weighted by Gasteiger charge is -2.41. The molecule has 0 saturated carbocycles. The van der Waals surface area contributed by atoms with Crippen LogP contribution in [0.5, 0.6) is 0 Å². The molecule has 0 bridgehead atoms. The van der Waals surface area contributed by atoms with Crippen molar-refractivity contribution < 1.29 is 23.6 Å². The third kappa shape index (κ3) is 4.97. The van der Waals surface area contributed by atoms with Crippen molar-refractivity contribution in [3.05, 3.63) is 59.9 Å². The highest BCUT2D eigenvalue weighted by Crippen LogP contribution is 2.18. The molecule has 4 rings (SSSR count). The molecular weight excluding hydrogens is 431 g/mol. The van der Waals surface area contributed by atoms with Gasteiger partial charge in [-0.3, -0.25) is 19.2 Å². The van der Waals surface area contributed by atoms with Crippen molar-refractivity contribution in [1.82, 2.24) is 30.4 Å². The van der Waals surface area contributed by atoms with E-state index in [0.717, 1.165) is 6.07 Å². The molecule has 2 fully saturated rings. The maximum atomic E-state index is 13.7. The average Bonchev–Trinajstić information content (AvgIpc) is 2.84. The molecule has 3 heterocycles. The molecule has 2 aliphatic heterocycles. The summed E-state index contributed by atoms with van der Waals surface area (Å²) >= 11 is 0. The van der Waals surface area contributed by atoms with Crippen LogP contribution in [0.3, 0.4) is 0 Å². The molecule has 2 atom stereocenters. The number of halogens is 1. The SMILES string of the molecule is O=C1NCCC[C@@H]1NC(=O)[C@@H]1CN(C(=O)c2cncnc2)CCN1C(=O)c1cccc(F)c1. The number of carbonyl (C=O) groups is 4. The van der Waals surface area contributed by atoms with Crippen molar-refractivity contribution in [2.75, 3.05) is 26.2 Å². The third-order valence-corrected chi connectivity index (χ3v) is 5.71. The fourth-order valence-electron chi connectivity index (χ4n) is 3.99. The Kier molecular flexibility index (Phi) is 6.57. The molecule has 2 N–H and O–H groups in total. The van der Waals surface area contributed by atoms with Crippen LogP contribution in [0.2, 0.25) is 0 Å². The van der Waals surface area contributed by atoms with Gasteiger partial charge >= 0.3 is 0 Å². The summed E-state index contributed by atoms with van der Waals surface area (Å²) in [6.07, 6.45) is 5.25. The first-order chi connectivity index (χ1) is 15.9. The highest BCUT2D eigenvalue weighted by Gasteiger charge is 2.39. The van der Waals surface area contributed by atoms with Crippen molar-refractivity contribution >= 4 is 23.6 Å². The van der Waals surface area contributed by atoms with Crippen LogP contribution in [0.1, 0.15) is 33.6 Å². The van der Waals surface area contributed by atoms with E-state index in [1.807, 2.05) is 0 Å². The molecule has 0 aliphatic carbocycles. The van der Waals surface area contributed by atoms with Crippen molar-refractivity contribution in [2.45, 2.75) is 24.9 Å². The molecule has 172 valence electrons. The number of aromatic nitrogens is 2. The molecule has 2 saturated heterocycles. The van der Waals surface area contributed by atoms with E-state index in [9.17, 15) is 23.6 Å². The molecule has 2 aromatic rings. The van der Waals surface area contributed by atoms with Crippen LogP contribution in [0.25, 0.3) is 0 Å². The van der Waals surface area contributed by atoms with Crippen molar-refractivity contribution in [2.24, 2.45) is 0 Å². The summed E-state index contributed by atoms with van der Waals surface area (Å²) < 4.78 is 13.7. The lowest BCUT2D eigenvalue weighted by Crippen LogP contribution is -2.63. The maximum Gasteiger partial charge on any atom is 0.257 e. The maximum absolute atomic E-state index is 13.7. The van der Waals surface area contributed by atoms with E-state index in [1.165, 1.54) is 46.7 Å². The van der Waals surface area contributed by atoms with Crippen LogP contribution in [0.15, 0.2) is 43.0 Å². The topological polar surface area (TPSA) is 125 Å². The minimum atomic E-state index is -1.06. The molecule has 1 aromatic carbocycles. The standard InChI is InChI=1S/C22H23FN6O4/c23-16-4-1-3-14(9-16)22(33)29-8-7-28(21(32)15-10-24-13-25-11-15)12-18(29)20(31)27-17-5-2-6-26-19(17)30/h1,3-4,9-11,13,17-18H,2,5-8,12H2,(H,26,30)(H,27,31)/t17-,18-/m0/s1. The zero-order chi connectivity index (χ0) is 23.4. The summed E-state index contributed by atoms with van der Waals surface area (Å²) in [5, 5.41) is 5.40. The smallest absolute Gasteiger partial charge is 0.257 e. The van der Waals surface area contributed by atoms with Crippen molar-refractivity contribution in [1.29, 1.82) is 0 Å². The fraction of sp³-hybridized carbons (Fsp3) is 0.364. The Hall–Kier alpha value is -3.89. The van der Waals surface area contributed by atoms with E-state index in [2.05, 4.69) is 20.6 Å². The number of hydrogen-bond acceptors (Lipinski definition) is 6. The summed E-state index contributed by atoms with van der Waals surface area (Å²) in [6, 6.07) is 3.43. The number of nitrogens with zero attached hydrogens (tertiary/aromatic N) is 4. The van der Waals surface area contributed by atoms with Crippen LogP contribution >= 0.6 is 0 Å². The van der Waals surface area contributed by atoms with E-state index in [0.29, 0.717) is 19.4 Å². The molecule has 2 aliphatic rings. The number of amides is 4. The quantitative estimate of drug-likeness (QED) is 0.669. The van der Waals surface area contributed by atoms with Gasteiger partial charge in [-0.05, 0) is 31.0 Å². The largest absolute Gasteiger partial charge is 0.354 e. The van der Waals surface area contributed by atoms with Crippen LogP contribution in [0.4, 0.5) is 4.39 Å². The van der Waals surface area contributed by atoms with Gasteiger partial charge in [0.25, 0.3) is 11.8 Å². The van der Waals surface area contributed by atoms with E-state index >= 15 is 0 Å². The van der Waals surface area contributed by atoms with Gasteiger partial charge in [-0.15, -0.1) is 0 Å². The normalized spacial score (nSPS) is 20.7. The molecule has 4 amide bonds. The van der Waals surface area contributed by atoms with Crippen LogP contribution < -0.4 is 10.6 Å². The Bertz CT molecular complexity index is 1070. The number of benzene rings is 1. The van der Waals surface area contributed by atoms with Crippen molar-refractivity contribution in [3.63, 3.8) is 0 Å². The fourth-order valence-corrected chi connectivity index (χ4v) is 3.99. The van der Waals surface area contributed by atoms with E-state index in [4.69, 9.17) is 0 Å². The summed E-state index contributed by atoms with van der Waals surface area (Å²) in [4.78, 5) is 61.8. The molecular formula is C22H23FN6O4. The van der Waals surface area contributed by atoms with Gasteiger partial charge in [0, 0.05) is 37.6 Å². The first-order valence-corrected chi connectivity index (χ1v) is 10.6. The third-order valence-electron chi connectivity index (χ3n) is 5.71. The summed E-state index contributed by atoms with van der Waals surface area (Å²) in [5.74, 6) is -2.32. The van der Waals surface area contributed by atoms with Gasteiger partial charge in [0.2, 0.25) is 11.8 Å². The number of piperazine rings is 1. The molecule has 0 radical (unpaired) electrons. The van der Waals surface area contributed by atoms with Gasteiger partial charge in [0.05, 0.1) is 12.1 Å². The molecule has 1 aromatic heterocycles. The molecule has 10 nitrogen and oxygen atoms in total. The number of hydrogen-bond donors (Lipinski definition) is 2. The summed E-state index contributed by atoms with van der Waals surface area (Å²) in [7, 11) is 0. The lowest BCUT2D eigenvalue weighted by molar-refractivity contribution is -0.133. The average molecular weight is 454 g/mol. The zero-order valence-corrected chi connectivity index (χ0v) is 17.7. The Morgan fingerprint density at radius 1 is 1.09 bits per heavy atom. The van der Waals surface area contributed by atoms with Gasteiger partial charge in [0.1, 0.15) is 24.2 Å². The number of piperidine rings is 1. The Morgan fingerprint density at radius 3 is 2.61 bits per heavy atom. The minimum absolute atomic E-state index is 0.0593. The molecule has 0 spiro atoms. The van der Waals surface area contributed by atoms with Gasteiger partial charge in [-0.1, -0.05) is 6.07 Å². The molecule has 33 heavy (non-hydrogen) atoms. The van der Waals surface area contributed by atoms with Gasteiger partial charge in [-0.25, -0.2) is 14.4 Å². The highest BCUT2D eigenvalue weighted by atomic mass is 19.1. The molecule has 0 unspecified atom stereocenters. The first kappa shape index (κ1) is 22.3. The number of carbonyl (C=O) groups excluding carboxylic acids is 4. The zero-order valence-electron chi connectivity index (χ0n) is 17.7. The predicted octanol–water partition coefficient (Wildman–Crippen LogP) is -0.0227. The highest BCUT2D eigenvalue weighted by molar-refractivity contribution is 6.00. The van der Waals surface area contributed by atoms with E-state index < -0.39 is 29.7 Å². The van der Waals surface area contributed by atoms with Gasteiger partial charge in [-0.2, -0.15) is 0 Å². The Morgan fingerprint density at radius 2 is 1.88 bits per heavy atom. The van der Waals surface area contributed by atoms with Crippen LogP contribution in [0, 0.1) is 5.82 Å². The Balaban J connectivity index is 1.57. The van der Waals surface area contributed by atoms with Gasteiger partial charge in [0.15, 0.2) is 0 Å².